The van der Waals surface area contributed by atoms with Gasteiger partial charge in [0.15, 0.2) is 0 Å². The summed E-state index contributed by atoms with van der Waals surface area (Å²) in [6, 6.07) is 1.29. The van der Waals surface area contributed by atoms with Crippen LogP contribution in [0.2, 0.25) is 5.02 Å². The lowest BCUT2D eigenvalue weighted by molar-refractivity contribution is 0.151. The van der Waals surface area contributed by atoms with Crippen molar-refractivity contribution in [3.05, 3.63) is 28.5 Å². The summed E-state index contributed by atoms with van der Waals surface area (Å²) < 4.78 is 24.4. The minimum absolute atomic E-state index is 0.00898. The normalized spacial score (nSPS) is 10.8. The van der Waals surface area contributed by atoms with Crippen LogP contribution in [-0.2, 0) is 5.33 Å². The van der Waals surface area contributed by atoms with Crippen molar-refractivity contribution >= 4 is 27.5 Å². The van der Waals surface area contributed by atoms with Crippen LogP contribution in [0.5, 0.6) is 0 Å². The van der Waals surface area contributed by atoms with Gasteiger partial charge in [-0.25, -0.2) is 8.78 Å². The monoisotopic (exact) mass is 255 g/mol. The van der Waals surface area contributed by atoms with E-state index in [4.69, 9.17) is 11.6 Å². The molecule has 0 aromatic carbocycles. The summed E-state index contributed by atoms with van der Waals surface area (Å²) in [6.45, 7) is 0. The molecule has 0 saturated carbocycles. The first-order valence-corrected chi connectivity index (χ1v) is 4.63. The standard InChI is InChI=1S/C7H5BrClF2N/c8-2-4-1-5(7(10)11)6(9)3-12-4/h1,3,7H,2H2. The van der Waals surface area contributed by atoms with E-state index in [-0.39, 0.29) is 10.6 Å². The van der Waals surface area contributed by atoms with Gasteiger partial charge in [-0.3, -0.25) is 4.98 Å². The van der Waals surface area contributed by atoms with E-state index in [9.17, 15) is 8.78 Å². The Morgan fingerprint density at radius 2 is 2.25 bits per heavy atom. The van der Waals surface area contributed by atoms with Gasteiger partial charge in [0.2, 0.25) is 0 Å². The molecular weight excluding hydrogens is 251 g/mol. The second-order valence-electron chi connectivity index (χ2n) is 2.13. The predicted octanol–water partition coefficient (Wildman–Crippen LogP) is 3.57. The Kier molecular flexibility index (Phi) is 3.40. The Labute approximate surface area is 81.9 Å². The highest BCUT2D eigenvalue weighted by molar-refractivity contribution is 9.08. The third kappa shape index (κ3) is 2.14. The first kappa shape index (κ1) is 9.86. The molecule has 1 aromatic heterocycles. The fourth-order valence-electron chi connectivity index (χ4n) is 0.740. The van der Waals surface area contributed by atoms with Gasteiger partial charge in [-0.1, -0.05) is 27.5 Å². The lowest BCUT2D eigenvalue weighted by Crippen LogP contribution is -1.91. The summed E-state index contributed by atoms with van der Waals surface area (Å²) in [5, 5.41) is 0.457. The average molecular weight is 256 g/mol. The molecule has 0 bridgehead atoms. The maximum absolute atomic E-state index is 12.2. The molecule has 0 aliphatic rings. The fourth-order valence-corrected chi connectivity index (χ4v) is 1.23. The summed E-state index contributed by atoms with van der Waals surface area (Å²) in [5.74, 6) is 0. The van der Waals surface area contributed by atoms with Crippen LogP contribution < -0.4 is 0 Å². The van der Waals surface area contributed by atoms with Gasteiger partial charge in [0, 0.05) is 17.1 Å². The molecule has 1 rings (SSSR count). The molecular formula is C7H5BrClF2N. The Hall–Kier alpha value is -0.220. The van der Waals surface area contributed by atoms with Crippen LogP contribution in [0.15, 0.2) is 12.3 Å². The molecule has 66 valence electrons. The zero-order valence-corrected chi connectivity index (χ0v) is 8.24. The van der Waals surface area contributed by atoms with Crippen molar-refractivity contribution in [1.82, 2.24) is 4.98 Å². The van der Waals surface area contributed by atoms with Gasteiger partial charge in [0.05, 0.1) is 10.7 Å². The molecule has 0 amide bonds. The number of halogens is 4. The lowest BCUT2D eigenvalue weighted by atomic mass is 10.2. The highest BCUT2D eigenvalue weighted by atomic mass is 79.9. The quantitative estimate of drug-likeness (QED) is 0.737. The van der Waals surface area contributed by atoms with E-state index in [2.05, 4.69) is 20.9 Å². The molecule has 0 spiro atoms. The van der Waals surface area contributed by atoms with Crippen LogP contribution in [0.3, 0.4) is 0 Å². The van der Waals surface area contributed by atoms with Gasteiger partial charge in [-0.05, 0) is 6.07 Å². The zero-order valence-electron chi connectivity index (χ0n) is 5.90. The molecule has 5 heteroatoms. The van der Waals surface area contributed by atoms with E-state index < -0.39 is 6.43 Å². The van der Waals surface area contributed by atoms with Gasteiger partial charge in [0.1, 0.15) is 0 Å². The van der Waals surface area contributed by atoms with E-state index in [1.165, 1.54) is 12.3 Å². The maximum atomic E-state index is 12.2. The first-order chi connectivity index (χ1) is 5.65. The van der Waals surface area contributed by atoms with E-state index >= 15 is 0 Å². The molecule has 0 N–H and O–H groups in total. The Balaban J connectivity index is 3.08. The Morgan fingerprint density at radius 1 is 1.58 bits per heavy atom. The SMILES string of the molecule is FC(F)c1cc(CBr)ncc1Cl. The second-order valence-corrected chi connectivity index (χ2v) is 3.10. The smallest absolute Gasteiger partial charge is 0.259 e. The molecule has 0 aliphatic carbocycles. The largest absolute Gasteiger partial charge is 0.265 e. The Morgan fingerprint density at radius 3 is 2.75 bits per heavy atom. The van der Waals surface area contributed by atoms with Crippen molar-refractivity contribution in [3.8, 4) is 0 Å². The number of hydrogen-bond donors (Lipinski definition) is 0. The summed E-state index contributed by atoms with van der Waals surface area (Å²) in [7, 11) is 0. The van der Waals surface area contributed by atoms with Gasteiger partial charge in [-0.15, -0.1) is 0 Å². The topological polar surface area (TPSA) is 12.9 Å². The molecule has 0 aliphatic heterocycles. The van der Waals surface area contributed by atoms with Crippen LogP contribution in [-0.4, -0.2) is 4.98 Å². The Bertz CT molecular complexity index is 280. The molecule has 12 heavy (non-hydrogen) atoms. The maximum Gasteiger partial charge on any atom is 0.265 e. The molecule has 1 heterocycles. The van der Waals surface area contributed by atoms with E-state index in [0.717, 1.165) is 0 Å². The van der Waals surface area contributed by atoms with Gasteiger partial charge in [-0.2, -0.15) is 0 Å². The molecule has 1 nitrogen and oxygen atoms in total. The van der Waals surface area contributed by atoms with Crippen molar-refractivity contribution in [2.45, 2.75) is 11.8 Å². The zero-order chi connectivity index (χ0) is 9.14. The third-order valence-corrected chi connectivity index (χ3v) is 2.20. The minimum Gasteiger partial charge on any atom is -0.259 e. The predicted molar refractivity (Wildman–Crippen MR) is 46.8 cm³/mol. The third-order valence-electron chi connectivity index (χ3n) is 1.31. The molecule has 0 fully saturated rings. The van der Waals surface area contributed by atoms with Gasteiger partial charge < -0.3 is 0 Å². The molecule has 0 radical (unpaired) electrons. The number of aromatic nitrogens is 1. The van der Waals surface area contributed by atoms with Crippen molar-refractivity contribution in [2.24, 2.45) is 0 Å². The summed E-state index contributed by atoms with van der Waals surface area (Å²) in [4.78, 5) is 3.83. The highest BCUT2D eigenvalue weighted by Gasteiger charge is 2.12. The van der Waals surface area contributed by atoms with E-state index in [1.807, 2.05) is 0 Å². The van der Waals surface area contributed by atoms with Crippen LogP contribution in [0, 0.1) is 0 Å². The van der Waals surface area contributed by atoms with Crippen LogP contribution in [0.25, 0.3) is 0 Å². The van der Waals surface area contributed by atoms with E-state index in [1.54, 1.807) is 0 Å². The number of pyridine rings is 1. The molecule has 0 saturated heterocycles. The molecule has 0 unspecified atom stereocenters. The van der Waals surface area contributed by atoms with Crippen molar-refractivity contribution in [1.29, 1.82) is 0 Å². The van der Waals surface area contributed by atoms with Crippen molar-refractivity contribution in [2.75, 3.05) is 0 Å². The van der Waals surface area contributed by atoms with Gasteiger partial charge >= 0.3 is 0 Å². The van der Waals surface area contributed by atoms with Crippen LogP contribution in [0.4, 0.5) is 8.78 Å². The summed E-state index contributed by atoms with van der Waals surface area (Å²) in [6.07, 6.45) is -1.31. The van der Waals surface area contributed by atoms with Gasteiger partial charge in [0.25, 0.3) is 6.43 Å². The summed E-state index contributed by atoms with van der Waals surface area (Å²) in [5.41, 5.74) is 0.385. The first-order valence-electron chi connectivity index (χ1n) is 3.13. The highest BCUT2D eigenvalue weighted by Crippen LogP contribution is 2.26. The molecule has 1 aromatic rings. The number of nitrogens with zero attached hydrogens (tertiary/aromatic N) is 1. The number of rotatable bonds is 2. The fraction of sp³-hybridized carbons (Fsp3) is 0.286. The average Bonchev–Trinajstić information content (AvgIpc) is 2.05. The second kappa shape index (κ2) is 4.14. The van der Waals surface area contributed by atoms with Crippen LogP contribution in [0.1, 0.15) is 17.7 Å². The van der Waals surface area contributed by atoms with Crippen molar-refractivity contribution in [3.63, 3.8) is 0 Å². The number of hydrogen-bond acceptors (Lipinski definition) is 1. The van der Waals surface area contributed by atoms with E-state index in [0.29, 0.717) is 11.0 Å². The lowest BCUT2D eigenvalue weighted by Gasteiger charge is -2.03. The number of alkyl halides is 3. The minimum atomic E-state index is -2.54. The summed E-state index contributed by atoms with van der Waals surface area (Å²) >= 11 is 8.61. The molecule has 0 atom stereocenters. The van der Waals surface area contributed by atoms with Crippen LogP contribution >= 0.6 is 27.5 Å². The van der Waals surface area contributed by atoms with Crippen molar-refractivity contribution < 1.29 is 8.78 Å².